The molecule has 0 aliphatic rings. The van der Waals surface area contributed by atoms with E-state index < -0.39 is 0 Å². The molecule has 2 aromatic carbocycles. The second-order valence-electron chi connectivity index (χ2n) is 4.54. The van der Waals surface area contributed by atoms with Crippen LogP contribution in [-0.4, -0.2) is 0 Å². The van der Waals surface area contributed by atoms with Gasteiger partial charge in [0, 0.05) is 21.1 Å². The Labute approximate surface area is 126 Å². The minimum atomic E-state index is 0.553. The van der Waals surface area contributed by atoms with E-state index in [0.717, 1.165) is 11.3 Å². The highest BCUT2D eigenvalue weighted by molar-refractivity contribution is 7.19. The van der Waals surface area contributed by atoms with Crippen LogP contribution in [0.15, 0.2) is 48.5 Å². The first-order valence-electron chi connectivity index (χ1n) is 6.34. The van der Waals surface area contributed by atoms with Crippen LogP contribution in [0.5, 0.6) is 5.75 Å². The van der Waals surface area contributed by atoms with E-state index in [0.29, 0.717) is 18.2 Å². The van der Waals surface area contributed by atoms with E-state index >= 15 is 0 Å². The highest BCUT2D eigenvalue weighted by Gasteiger charge is 2.04. The van der Waals surface area contributed by atoms with Crippen molar-refractivity contribution in [2.24, 2.45) is 5.73 Å². The minimum absolute atomic E-state index is 0.553. The Morgan fingerprint density at radius 2 is 2.00 bits per heavy atom. The highest BCUT2D eigenvalue weighted by Crippen LogP contribution is 2.28. The van der Waals surface area contributed by atoms with Crippen molar-refractivity contribution in [2.45, 2.75) is 13.2 Å². The Morgan fingerprint density at radius 1 is 1.10 bits per heavy atom. The molecule has 0 saturated carbocycles. The van der Waals surface area contributed by atoms with Crippen LogP contribution < -0.4 is 10.5 Å². The van der Waals surface area contributed by atoms with Gasteiger partial charge in [-0.05, 0) is 41.3 Å². The largest absolute Gasteiger partial charge is 0.488 e. The number of benzene rings is 2. The number of ether oxygens (including phenoxy) is 1. The molecule has 0 bridgehead atoms. The Kier molecular flexibility index (Phi) is 3.92. The summed E-state index contributed by atoms with van der Waals surface area (Å²) in [5, 5.41) is 1.92. The van der Waals surface area contributed by atoms with Gasteiger partial charge in [0.05, 0.1) is 0 Å². The van der Waals surface area contributed by atoms with E-state index in [1.807, 2.05) is 24.3 Å². The zero-order valence-corrected chi connectivity index (χ0v) is 12.4. The first-order valence-corrected chi connectivity index (χ1v) is 7.54. The van der Waals surface area contributed by atoms with Crippen LogP contribution in [0, 0.1) is 0 Å². The van der Waals surface area contributed by atoms with Crippen LogP contribution in [-0.2, 0) is 13.2 Å². The predicted molar refractivity (Wildman–Crippen MR) is 85.5 cm³/mol. The van der Waals surface area contributed by atoms with Gasteiger partial charge >= 0.3 is 0 Å². The fourth-order valence-electron chi connectivity index (χ4n) is 2.04. The van der Waals surface area contributed by atoms with Gasteiger partial charge in [0.1, 0.15) is 12.4 Å². The molecule has 2 nitrogen and oxygen atoms in total. The molecule has 0 fully saturated rings. The second kappa shape index (κ2) is 5.83. The maximum absolute atomic E-state index is 5.93. The molecule has 0 radical (unpaired) electrons. The normalized spacial score (nSPS) is 10.9. The van der Waals surface area contributed by atoms with Crippen molar-refractivity contribution in [3.05, 3.63) is 64.0 Å². The van der Waals surface area contributed by atoms with E-state index in [2.05, 4.69) is 24.3 Å². The Morgan fingerprint density at radius 3 is 2.80 bits per heavy atom. The van der Waals surface area contributed by atoms with Crippen LogP contribution in [0.4, 0.5) is 0 Å². The number of hydrogen-bond donors (Lipinski definition) is 1. The van der Waals surface area contributed by atoms with Crippen molar-refractivity contribution in [3.63, 3.8) is 0 Å². The summed E-state index contributed by atoms with van der Waals surface area (Å²) in [6.45, 7) is 1.12. The monoisotopic (exact) mass is 303 g/mol. The number of halogens is 1. The summed E-state index contributed by atoms with van der Waals surface area (Å²) < 4.78 is 7.01. The molecule has 3 aromatic rings. The van der Waals surface area contributed by atoms with Gasteiger partial charge in [-0.3, -0.25) is 0 Å². The molecule has 3 rings (SSSR count). The second-order valence-corrected chi connectivity index (χ2v) is 6.14. The quantitative estimate of drug-likeness (QED) is 0.765. The molecule has 0 unspecified atom stereocenters. The van der Waals surface area contributed by atoms with Gasteiger partial charge in [-0.15, -0.1) is 11.3 Å². The molecule has 0 saturated heterocycles. The van der Waals surface area contributed by atoms with Crippen molar-refractivity contribution >= 4 is 33.0 Å². The fourth-order valence-corrected chi connectivity index (χ4v) is 3.26. The third kappa shape index (κ3) is 2.96. The average Bonchev–Trinajstić information content (AvgIpc) is 2.87. The van der Waals surface area contributed by atoms with Crippen LogP contribution in [0.25, 0.3) is 10.1 Å². The summed E-state index contributed by atoms with van der Waals surface area (Å²) in [6.07, 6.45) is 0. The standard InChI is InChI=1S/C16H14ClNOS/c17-13-2-1-3-14(8-13)19-10-15-7-12-5-4-11(9-18)6-16(12)20-15/h1-8H,9-10,18H2. The zero-order valence-electron chi connectivity index (χ0n) is 10.8. The molecule has 0 amide bonds. The zero-order chi connectivity index (χ0) is 13.9. The summed E-state index contributed by atoms with van der Waals surface area (Å²) in [7, 11) is 0. The maximum Gasteiger partial charge on any atom is 0.122 e. The minimum Gasteiger partial charge on any atom is -0.488 e. The topological polar surface area (TPSA) is 35.2 Å². The lowest BCUT2D eigenvalue weighted by atomic mass is 10.2. The Bertz CT molecular complexity index is 738. The third-order valence-corrected chi connectivity index (χ3v) is 4.35. The van der Waals surface area contributed by atoms with Crippen molar-refractivity contribution in [2.75, 3.05) is 0 Å². The van der Waals surface area contributed by atoms with E-state index in [1.54, 1.807) is 11.3 Å². The molecule has 2 N–H and O–H groups in total. The van der Waals surface area contributed by atoms with Gasteiger partial charge in [0.25, 0.3) is 0 Å². The summed E-state index contributed by atoms with van der Waals surface area (Å²) in [6, 6.07) is 15.9. The van der Waals surface area contributed by atoms with E-state index in [-0.39, 0.29) is 0 Å². The number of fused-ring (bicyclic) bond motifs is 1. The fraction of sp³-hybridized carbons (Fsp3) is 0.125. The van der Waals surface area contributed by atoms with Gasteiger partial charge in [0.15, 0.2) is 0 Å². The first kappa shape index (κ1) is 13.4. The molecule has 1 aromatic heterocycles. The Hall–Kier alpha value is -1.55. The van der Waals surface area contributed by atoms with Crippen LogP contribution >= 0.6 is 22.9 Å². The molecule has 1 heterocycles. The summed E-state index contributed by atoms with van der Waals surface area (Å²) in [5.74, 6) is 0.789. The Balaban J connectivity index is 1.77. The summed E-state index contributed by atoms with van der Waals surface area (Å²) >= 11 is 7.67. The summed E-state index contributed by atoms with van der Waals surface area (Å²) in [4.78, 5) is 1.19. The van der Waals surface area contributed by atoms with E-state index in [1.165, 1.54) is 15.0 Å². The van der Waals surface area contributed by atoms with Gasteiger partial charge in [-0.25, -0.2) is 0 Å². The maximum atomic E-state index is 5.93. The molecule has 4 heteroatoms. The SMILES string of the molecule is NCc1ccc2cc(COc3cccc(Cl)c3)sc2c1. The van der Waals surface area contributed by atoms with Gasteiger partial charge < -0.3 is 10.5 Å². The van der Waals surface area contributed by atoms with Crippen molar-refractivity contribution in [1.29, 1.82) is 0 Å². The van der Waals surface area contributed by atoms with Crippen molar-refractivity contribution in [1.82, 2.24) is 0 Å². The molecule has 0 aliphatic heterocycles. The summed E-state index contributed by atoms with van der Waals surface area (Å²) in [5.41, 5.74) is 6.82. The van der Waals surface area contributed by atoms with Crippen molar-refractivity contribution < 1.29 is 4.74 Å². The number of hydrogen-bond acceptors (Lipinski definition) is 3. The van der Waals surface area contributed by atoms with E-state index in [9.17, 15) is 0 Å². The lowest BCUT2D eigenvalue weighted by molar-refractivity contribution is 0.310. The van der Waals surface area contributed by atoms with Crippen LogP contribution in [0.3, 0.4) is 0 Å². The number of rotatable bonds is 4. The molecule has 0 spiro atoms. The average molecular weight is 304 g/mol. The number of thiophene rings is 1. The third-order valence-electron chi connectivity index (χ3n) is 3.05. The van der Waals surface area contributed by atoms with E-state index in [4.69, 9.17) is 22.1 Å². The lowest BCUT2D eigenvalue weighted by Crippen LogP contribution is -1.94. The van der Waals surface area contributed by atoms with Crippen LogP contribution in [0.1, 0.15) is 10.4 Å². The van der Waals surface area contributed by atoms with Gasteiger partial charge in [-0.2, -0.15) is 0 Å². The smallest absolute Gasteiger partial charge is 0.122 e. The number of nitrogens with two attached hydrogens (primary N) is 1. The molecule has 0 aliphatic carbocycles. The lowest BCUT2D eigenvalue weighted by Gasteiger charge is -2.04. The van der Waals surface area contributed by atoms with Gasteiger partial charge in [0.2, 0.25) is 0 Å². The highest BCUT2D eigenvalue weighted by atomic mass is 35.5. The van der Waals surface area contributed by atoms with Gasteiger partial charge in [-0.1, -0.05) is 29.8 Å². The molecule has 20 heavy (non-hydrogen) atoms. The molecule has 102 valence electrons. The molecular weight excluding hydrogens is 290 g/mol. The molecular formula is C16H14ClNOS. The van der Waals surface area contributed by atoms with Crippen LogP contribution in [0.2, 0.25) is 5.02 Å². The predicted octanol–water partition coefficient (Wildman–Crippen LogP) is 4.59. The first-order chi connectivity index (χ1) is 9.74. The van der Waals surface area contributed by atoms with Crippen molar-refractivity contribution in [3.8, 4) is 5.75 Å². The molecule has 0 atom stereocenters.